The first-order valence-corrected chi connectivity index (χ1v) is 6.37. The maximum absolute atomic E-state index is 11.8. The second-order valence-corrected chi connectivity index (χ2v) is 4.95. The molecule has 19 heavy (non-hydrogen) atoms. The van der Waals surface area contributed by atoms with E-state index >= 15 is 0 Å². The topological polar surface area (TPSA) is 85.1 Å². The number of carbonyl (C=O) groups excluding carboxylic acids is 1. The minimum absolute atomic E-state index is 0.0891. The van der Waals surface area contributed by atoms with Gasteiger partial charge in [0.05, 0.1) is 11.3 Å². The number of hydrogen-bond acceptors (Lipinski definition) is 5. The average Bonchev–Trinajstić information content (AvgIpc) is 2.84. The van der Waals surface area contributed by atoms with Gasteiger partial charge in [-0.3, -0.25) is 14.9 Å². The van der Waals surface area contributed by atoms with Crippen LogP contribution in [0.25, 0.3) is 0 Å². The van der Waals surface area contributed by atoms with E-state index in [0.717, 1.165) is 11.1 Å². The fourth-order valence-electron chi connectivity index (χ4n) is 1.54. The van der Waals surface area contributed by atoms with E-state index in [1.165, 1.54) is 17.4 Å². The van der Waals surface area contributed by atoms with Gasteiger partial charge < -0.3 is 5.32 Å². The quantitative estimate of drug-likeness (QED) is 0.687. The van der Waals surface area contributed by atoms with E-state index in [-0.39, 0.29) is 18.0 Å². The molecule has 2 heterocycles. The van der Waals surface area contributed by atoms with Crippen LogP contribution in [0.4, 0.5) is 11.5 Å². The summed E-state index contributed by atoms with van der Waals surface area (Å²) in [5.74, 6) is 0.166. The van der Waals surface area contributed by atoms with E-state index in [9.17, 15) is 14.9 Å². The zero-order chi connectivity index (χ0) is 13.8. The lowest BCUT2D eigenvalue weighted by molar-refractivity contribution is -0.385. The summed E-state index contributed by atoms with van der Waals surface area (Å²) < 4.78 is 0. The van der Waals surface area contributed by atoms with Gasteiger partial charge in [-0.05, 0) is 23.9 Å². The normalized spacial score (nSPS) is 10.2. The van der Waals surface area contributed by atoms with Crippen molar-refractivity contribution < 1.29 is 9.72 Å². The summed E-state index contributed by atoms with van der Waals surface area (Å²) >= 11 is 1.50. The second-order valence-electron chi connectivity index (χ2n) is 3.92. The van der Waals surface area contributed by atoms with Gasteiger partial charge in [0, 0.05) is 10.9 Å². The molecule has 2 rings (SSSR count). The van der Waals surface area contributed by atoms with Gasteiger partial charge in [-0.15, -0.1) is 11.3 Å². The molecular formula is C12H11N3O3S. The molecule has 0 saturated heterocycles. The zero-order valence-corrected chi connectivity index (χ0v) is 10.9. The summed E-state index contributed by atoms with van der Waals surface area (Å²) in [6.07, 6.45) is 1.41. The van der Waals surface area contributed by atoms with E-state index in [4.69, 9.17) is 0 Å². The van der Waals surface area contributed by atoms with Crippen molar-refractivity contribution >= 4 is 28.7 Å². The Morgan fingerprint density at radius 2 is 2.37 bits per heavy atom. The van der Waals surface area contributed by atoms with Gasteiger partial charge in [0.1, 0.15) is 12.0 Å². The lowest BCUT2D eigenvalue weighted by Gasteiger charge is -2.06. The van der Waals surface area contributed by atoms with E-state index < -0.39 is 4.92 Å². The predicted molar refractivity (Wildman–Crippen MR) is 72.3 cm³/mol. The Balaban J connectivity index is 2.07. The summed E-state index contributed by atoms with van der Waals surface area (Å²) in [5.41, 5.74) is 0.475. The number of nitro groups is 1. The third-order valence-corrected chi connectivity index (χ3v) is 3.32. The van der Waals surface area contributed by atoms with Gasteiger partial charge in [0.15, 0.2) is 0 Å². The Kier molecular flexibility index (Phi) is 3.86. The SMILES string of the molecule is Cc1cc([N+](=O)[O-])cnc1NC(=O)Cc1cccs1. The number of rotatable bonds is 4. The number of nitrogens with zero attached hydrogens (tertiary/aromatic N) is 2. The number of carbonyl (C=O) groups is 1. The lowest BCUT2D eigenvalue weighted by atomic mass is 10.2. The Bertz CT molecular complexity index is 611. The van der Waals surface area contributed by atoms with Crippen molar-refractivity contribution in [3.05, 3.63) is 50.3 Å². The highest BCUT2D eigenvalue weighted by molar-refractivity contribution is 7.10. The van der Waals surface area contributed by atoms with Crippen molar-refractivity contribution in [2.24, 2.45) is 0 Å². The minimum Gasteiger partial charge on any atom is -0.310 e. The van der Waals surface area contributed by atoms with Crippen molar-refractivity contribution in [3.63, 3.8) is 0 Å². The Morgan fingerprint density at radius 1 is 1.58 bits per heavy atom. The maximum Gasteiger partial charge on any atom is 0.287 e. The van der Waals surface area contributed by atoms with E-state index in [1.807, 2.05) is 17.5 Å². The van der Waals surface area contributed by atoms with Gasteiger partial charge in [0.2, 0.25) is 5.91 Å². The number of aryl methyl sites for hydroxylation is 1. The molecule has 0 radical (unpaired) electrons. The lowest BCUT2D eigenvalue weighted by Crippen LogP contribution is -2.15. The molecule has 1 amide bonds. The number of nitrogens with one attached hydrogen (secondary N) is 1. The van der Waals surface area contributed by atoms with Gasteiger partial charge in [-0.25, -0.2) is 4.98 Å². The zero-order valence-electron chi connectivity index (χ0n) is 10.1. The maximum atomic E-state index is 11.8. The fourth-order valence-corrected chi connectivity index (χ4v) is 2.24. The number of anilines is 1. The summed E-state index contributed by atoms with van der Waals surface area (Å²) in [7, 11) is 0. The molecular weight excluding hydrogens is 266 g/mol. The average molecular weight is 277 g/mol. The molecule has 0 aliphatic carbocycles. The molecule has 0 aromatic carbocycles. The summed E-state index contributed by atoms with van der Waals surface area (Å²) in [4.78, 5) is 26.7. The van der Waals surface area contributed by atoms with Gasteiger partial charge in [-0.2, -0.15) is 0 Å². The minimum atomic E-state index is -0.517. The fraction of sp³-hybridized carbons (Fsp3) is 0.167. The Hall–Kier alpha value is -2.28. The van der Waals surface area contributed by atoms with Crippen LogP contribution in [0.1, 0.15) is 10.4 Å². The van der Waals surface area contributed by atoms with Crippen molar-refractivity contribution in [1.82, 2.24) is 4.98 Å². The van der Waals surface area contributed by atoms with E-state index in [0.29, 0.717) is 11.4 Å². The van der Waals surface area contributed by atoms with Gasteiger partial charge in [-0.1, -0.05) is 6.07 Å². The third kappa shape index (κ3) is 3.35. The standard InChI is InChI=1S/C12H11N3O3S/c1-8-5-9(15(17)18)7-13-12(8)14-11(16)6-10-3-2-4-19-10/h2-5,7H,6H2,1H3,(H,13,14,16). The molecule has 6 nitrogen and oxygen atoms in total. The van der Waals surface area contributed by atoms with E-state index in [2.05, 4.69) is 10.3 Å². The first-order chi connectivity index (χ1) is 9.06. The van der Waals surface area contributed by atoms with Crippen LogP contribution in [0.3, 0.4) is 0 Å². The molecule has 0 aliphatic heterocycles. The molecule has 0 atom stereocenters. The molecule has 0 unspecified atom stereocenters. The summed E-state index contributed by atoms with van der Waals surface area (Å²) in [6, 6.07) is 5.14. The summed E-state index contributed by atoms with van der Waals surface area (Å²) in [6.45, 7) is 1.67. The molecule has 98 valence electrons. The predicted octanol–water partition coefficient (Wildman–Crippen LogP) is 2.54. The highest BCUT2D eigenvalue weighted by Gasteiger charge is 2.12. The van der Waals surface area contributed by atoms with Crippen molar-refractivity contribution in [2.45, 2.75) is 13.3 Å². The molecule has 0 saturated carbocycles. The summed E-state index contributed by atoms with van der Waals surface area (Å²) in [5, 5.41) is 15.1. The van der Waals surface area contributed by atoms with Crippen LogP contribution in [0, 0.1) is 17.0 Å². The van der Waals surface area contributed by atoms with E-state index in [1.54, 1.807) is 6.92 Å². The molecule has 1 N–H and O–H groups in total. The first kappa shape index (κ1) is 13.2. The van der Waals surface area contributed by atoms with Gasteiger partial charge in [0.25, 0.3) is 5.69 Å². The monoisotopic (exact) mass is 277 g/mol. The van der Waals surface area contributed by atoms with Crippen LogP contribution in [0.2, 0.25) is 0 Å². The van der Waals surface area contributed by atoms with Crippen molar-refractivity contribution in [2.75, 3.05) is 5.32 Å². The molecule has 7 heteroatoms. The van der Waals surface area contributed by atoms with Gasteiger partial charge >= 0.3 is 0 Å². The molecule has 0 fully saturated rings. The smallest absolute Gasteiger partial charge is 0.287 e. The number of amides is 1. The van der Waals surface area contributed by atoms with Crippen molar-refractivity contribution in [1.29, 1.82) is 0 Å². The number of thiophene rings is 1. The number of aromatic nitrogens is 1. The first-order valence-electron chi connectivity index (χ1n) is 5.49. The van der Waals surface area contributed by atoms with Crippen molar-refractivity contribution in [3.8, 4) is 0 Å². The van der Waals surface area contributed by atoms with Crippen LogP contribution in [0.5, 0.6) is 0 Å². The van der Waals surface area contributed by atoms with Crippen LogP contribution in [-0.2, 0) is 11.2 Å². The second kappa shape index (κ2) is 5.57. The molecule has 2 aromatic rings. The molecule has 0 bridgehead atoms. The largest absolute Gasteiger partial charge is 0.310 e. The molecule has 2 aromatic heterocycles. The molecule has 0 aliphatic rings. The third-order valence-electron chi connectivity index (χ3n) is 2.45. The van der Waals surface area contributed by atoms with Crippen LogP contribution in [-0.4, -0.2) is 15.8 Å². The number of hydrogen-bond donors (Lipinski definition) is 1. The van der Waals surface area contributed by atoms with Crippen LogP contribution < -0.4 is 5.32 Å². The molecule has 0 spiro atoms. The Labute approximate surface area is 113 Å². The van der Waals surface area contributed by atoms with Crippen LogP contribution >= 0.6 is 11.3 Å². The highest BCUT2D eigenvalue weighted by atomic mass is 32.1. The number of pyridine rings is 1. The van der Waals surface area contributed by atoms with Crippen LogP contribution in [0.15, 0.2) is 29.8 Å². The highest BCUT2D eigenvalue weighted by Crippen LogP contribution is 2.18. The Morgan fingerprint density at radius 3 is 2.95 bits per heavy atom.